The standard InChI is InChI=1S/C19H18N2O3/c1-2-23-18(22)12-24-19-16-10-15-9-13-5-3-4-6-14(13)11-21(15)17(16)7-8-20-19/h3-8,10H,2,9,11-12H2,1H3. The molecule has 122 valence electrons. The molecular formula is C19H18N2O3. The fourth-order valence-electron chi connectivity index (χ4n) is 3.24. The molecule has 5 heteroatoms. The highest BCUT2D eigenvalue weighted by Crippen LogP contribution is 2.32. The lowest BCUT2D eigenvalue weighted by Crippen LogP contribution is -2.15. The van der Waals surface area contributed by atoms with Crippen LogP contribution in [-0.2, 0) is 22.5 Å². The van der Waals surface area contributed by atoms with Gasteiger partial charge in [0, 0.05) is 24.9 Å². The average Bonchev–Trinajstić information content (AvgIpc) is 2.96. The largest absolute Gasteiger partial charge is 0.465 e. The van der Waals surface area contributed by atoms with Gasteiger partial charge in [-0.25, -0.2) is 9.78 Å². The lowest BCUT2D eigenvalue weighted by atomic mass is 10.00. The van der Waals surface area contributed by atoms with E-state index in [0.29, 0.717) is 12.5 Å². The van der Waals surface area contributed by atoms with E-state index in [1.54, 1.807) is 13.1 Å². The highest BCUT2D eigenvalue weighted by atomic mass is 16.6. The molecule has 1 aromatic carbocycles. The first-order chi connectivity index (χ1) is 11.8. The number of carbonyl (C=O) groups is 1. The average molecular weight is 322 g/mol. The molecule has 0 amide bonds. The van der Waals surface area contributed by atoms with Crippen molar-refractivity contribution in [2.45, 2.75) is 19.9 Å². The number of ether oxygens (including phenoxy) is 2. The minimum absolute atomic E-state index is 0.124. The van der Waals surface area contributed by atoms with E-state index in [-0.39, 0.29) is 12.6 Å². The van der Waals surface area contributed by atoms with Crippen LogP contribution in [-0.4, -0.2) is 28.7 Å². The fourth-order valence-corrected chi connectivity index (χ4v) is 3.24. The maximum atomic E-state index is 11.5. The Morgan fingerprint density at radius 3 is 2.92 bits per heavy atom. The second kappa shape index (κ2) is 6.00. The number of pyridine rings is 1. The zero-order valence-electron chi connectivity index (χ0n) is 13.5. The van der Waals surface area contributed by atoms with Gasteiger partial charge in [-0.15, -0.1) is 0 Å². The predicted octanol–water partition coefficient (Wildman–Crippen LogP) is 2.93. The van der Waals surface area contributed by atoms with Crippen molar-refractivity contribution in [3.05, 3.63) is 59.4 Å². The Hall–Kier alpha value is -2.82. The van der Waals surface area contributed by atoms with Crippen LogP contribution in [0.1, 0.15) is 23.7 Å². The molecule has 0 N–H and O–H groups in total. The van der Waals surface area contributed by atoms with Crippen molar-refractivity contribution < 1.29 is 14.3 Å². The van der Waals surface area contributed by atoms with Gasteiger partial charge < -0.3 is 14.0 Å². The maximum Gasteiger partial charge on any atom is 0.344 e. The van der Waals surface area contributed by atoms with Crippen molar-refractivity contribution in [2.24, 2.45) is 0 Å². The summed E-state index contributed by atoms with van der Waals surface area (Å²) in [5, 5.41) is 0.935. The summed E-state index contributed by atoms with van der Waals surface area (Å²) >= 11 is 0. The number of rotatable bonds is 4. The van der Waals surface area contributed by atoms with Gasteiger partial charge in [0.15, 0.2) is 6.61 Å². The number of esters is 1. The molecule has 4 rings (SSSR count). The first-order valence-electron chi connectivity index (χ1n) is 8.08. The number of fused-ring (bicyclic) bond motifs is 4. The van der Waals surface area contributed by atoms with Crippen LogP contribution in [0, 0.1) is 0 Å². The van der Waals surface area contributed by atoms with Gasteiger partial charge in [-0.2, -0.15) is 0 Å². The summed E-state index contributed by atoms with van der Waals surface area (Å²) in [6.45, 7) is 2.84. The Balaban J connectivity index is 1.68. The zero-order valence-corrected chi connectivity index (χ0v) is 13.5. The molecule has 3 heterocycles. The van der Waals surface area contributed by atoms with Gasteiger partial charge in [-0.1, -0.05) is 24.3 Å². The highest BCUT2D eigenvalue weighted by Gasteiger charge is 2.19. The highest BCUT2D eigenvalue weighted by molar-refractivity contribution is 5.86. The molecule has 0 atom stereocenters. The summed E-state index contributed by atoms with van der Waals surface area (Å²) in [6, 6.07) is 12.6. The van der Waals surface area contributed by atoms with E-state index < -0.39 is 0 Å². The Morgan fingerprint density at radius 1 is 1.25 bits per heavy atom. The van der Waals surface area contributed by atoms with Gasteiger partial charge in [0.05, 0.1) is 17.5 Å². The number of hydrogen-bond acceptors (Lipinski definition) is 4. The summed E-state index contributed by atoms with van der Waals surface area (Å²) in [7, 11) is 0. The van der Waals surface area contributed by atoms with Crippen LogP contribution in [0.2, 0.25) is 0 Å². The number of aromatic nitrogens is 2. The summed E-state index contributed by atoms with van der Waals surface area (Å²) in [6.07, 6.45) is 2.61. The minimum Gasteiger partial charge on any atom is -0.465 e. The number of carbonyl (C=O) groups excluding carboxylic acids is 1. The van der Waals surface area contributed by atoms with Gasteiger partial charge in [0.25, 0.3) is 0 Å². The molecule has 0 spiro atoms. The van der Waals surface area contributed by atoms with Gasteiger partial charge >= 0.3 is 5.97 Å². The molecular weight excluding hydrogens is 304 g/mol. The number of nitrogens with zero attached hydrogens (tertiary/aromatic N) is 2. The van der Waals surface area contributed by atoms with E-state index >= 15 is 0 Å². The van der Waals surface area contributed by atoms with Crippen LogP contribution >= 0.6 is 0 Å². The normalized spacial score (nSPS) is 12.5. The Kier molecular flexibility index (Phi) is 3.69. The van der Waals surface area contributed by atoms with Gasteiger partial charge in [0.1, 0.15) is 0 Å². The number of benzene rings is 1. The van der Waals surface area contributed by atoms with Crippen LogP contribution in [0.4, 0.5) is 0 Å². The molecule has 24 heavy (non-hydrogen) atoms. The van der Waals surface area contributed by atoms with Crippen LogP contribution in [0.3, 0.4) is 0 Å². The monoisotopic (exact) mass is 322 g/mol. The topological polar surface area (TPSA) is 53.4 Å². The van der Waals surface area contributed by atoms with Gasteiger partial charge in [-0.3, -0.25) is 0 Å². The summed E-state index contributed by atoms with van der Waals surface area (Å²) in [5.74, 6) is 0.0965. The van der Waals surface area contributed by atoms with E-state index in [9.17, 15) is 4.79 Å². The third-order valence-corrected chi connectivity index (χ3v) is 4.33. The van der Waals surface area contributed by atoms with E-state index in [1.165, 1.54) is 16.8 Å². The van der Waals surface area contributed by atoms with Crippen LogP contribution in [0.15, 0.2) is 42.6 Å². The Labute approximate surface area is 139 Å². The second-order valence-electron chi connectivity index (χ2n) is 5.81. The van der Waals surface area contributed by atoms with E-state index in [4.69, 9.17) is 9.47 Å². The molecule has 0 unspecified atom stereocenters. The molecule has 5 nitrogen and oxygen atoms in total. The summed E-state index contributed by atoms with van der Waals surface area (Å²) < 4.78 is 12.8. The quantitative estimate of drug-likeness (QED) is 0.542. The third-order valence-electron chi connectivity index (χ3n) is 4.33. The lowest BCUT2D eigenvalue weighted by molar-refractivity contribution is -0.145. The van der Waals surface area contributed by atoms with Crippen LogP contribution in [0.5, 0.6) is 5.88 Å². The van der Waals surface area contributed by atoms with Crippen molar-refractivity contribution in [2.75, 3.05) is 13.2 Å². The molecule has 1 aliphatic heterocycles. The molecule has 0 saturated carbocycles. The van der Waals surface area contributed by atoms with E-state index in [0.717, 1.165) is 23.9 Å². The molecule has 0 aliphatic carbocycles. The van der Waals surface area contributed by atoms with Crippen LogP contribution in [0.25, 0.3) is 10.9 Å². The Morgan fingerprint density at radius 2 is 2.08 bits per heavy atom. The maximum absolute atomic E-state index is 11.5. The van der Waals surface area contributed by atoms with Gasteiger partial charge in [0.2, 0.25) is 5.88 Å². The SMILES string of the molecule is CCOC(=O)COc1nccc2c1cc1n2Cc2ccccc2C1. The summed E-state index contributed by atoms with van der Waals surface area (Å²) in [5.41, 5.74) is 5.01. The molecule has 0 bridgehead atoms. The van der Waals surface area contributed by atoms with Crippen LogP contribution < -0.4 is 4.74 Å². The van der Waals surface area contributed by atoms with Crippen molar-refractivity contribution in [3.8, 4) is 5.88 Å². The molecule has 1 aliphatic rings. The fraction of sp³-hybridized carbons (Fsp3) is 0.263. The predicted molar refractivity (Wildman–Crippen MR) is 90.2 cm³/mol. The van der Waals surface area contributed by atoms with E-state index in [1.807, 2.05) is 6.07 Å². The molecule has 0 fully saturated rings. The smallest absolute Gasteiger partial charge is 0.344 e. The first-order valence-corrected chi connectivity index (χ1v) is 8.08. The first kappa shape index (κ1) is 14.8. The van der Waals surface area contributed by atoms with E-state index in [2.05, 4.69) is 39.9 Å². The molecule has 0 saturated heterocycles. The van der Waals surface area contributed by atoms with Crippen molar-refractivity contribution in [3.63, 3.8) is 0 Å². The van der Waals surface area contributed by atoms with Gasteiger partial charge in [-0.05, 0) is 30.2 Å². The molecule has 2 aromatic heterocycles. The third kappa shape index (κ3) is 2.52. The van der Waals surface area contributed by atoms with Crippen molar-refractivity contribution >= 4 is 16.9 Å². The zero-order chi connectivity index (χ0) is 16.5. The van der Waals surface area contributed by atoms with Crippen molar-refractivity contribution in [1.82, 2.24) is 9.55 Å². The lowest BCUT2D eigenvalue weighted by Gasteiger charge is -2.19. The molecule has 3 aromatic rings. The minimum atomic E-state index is -0.382. The van der Waals surface area contributed by atoms with Crippen molar-refractivity contribution in [1.29, 1.82) is 0 Å². The Bertz CT molecular complexity index is 914. The molecule has 0 radical (unpaired) electrons. The number of hydrogen-bond donors (Lipinski definition) is 0. The summed E-state index contributed by atoms with van der Waals surface area (Å²) in [4.78, 5) is 15.8. The second-order valence-corrected chi connectivity index (χ2v) is 5.81.